The van der Waals surface area contributed by atoms with Crippen molar-refractivity contribution >= 4 is 12.1 Å². The Morgan fingerprint density at radius 3 is 2.35 bits per heavy atom. The summed E-state index contributed by atoms with van der Waals surface area (Å²) in [7, 11) is 2.96. The van der Waals surface area contributed by atoms with E-state index in [0.717, 1.165) is 0 Å². The number of aromatic hydroxyl groups is 2. The zero-order valence-electron chi connectivity index (χ0n) is 12.6. The minimum absolute atomic E-state index is 0.00362. The molecule has 0 unspecified atom stereocenters. The molecule has 0 fully saturated rings. The first-order valence-corrected chi connectivity index (χ1v) is 6.62. The number of hydrazone groups is 1. The molecule has 0 atom stereocenters. The predicted octanol–water partition coefficient (Wildman–Crippen LogP) is 1.88. The Kier molecular flexibility index (Phi) is 5.03. The number of benzene rings is 2. The number of phenols is 2. The number of carbonyl (C=O) groups excluding carboxylic acids is 1. The van der Waals surface area contributed by atoms with Crippen LogP contribution in [0.5, 0.6) is 23.0 Å². The first kappa shape index (κ1) is 16.2. The van der Waals surface area contributed by atoms with Crippen LogP contribution in [0, 0.1) is 0 Å². The standard InChI is InChI=1S/C16H16N2O5/c1-22-11-4-6-14(19)10(7-11)9-17-18-16(21)13-5-3-12(23-2)8-15(13)20/h3-9,19-20H,1-2H3,(H,18,21)/b17-9+. The van der Waals surface area contributed by atoms with Crippen molar-refractivity contribution < 1.29 is 24.5 Å². The van der Waals surface area contributed by atoms with E-state index in [4.69, 9.17) is 9.47 Å². The van der Waals surface area contributed by atoms with E-state index in [1.807, 2.05) is 0 Å². The molecule has 0 radical (unpaired) electrons. The van der Waals surface area contributed by atoms with Gasteiger partial charge in [0.1, 0.15) is 23.0 Å². The van der Waals surface area contributed by atoms with Crippen molar-refractivity contribution in [3.63, 3.8) is 0 Å². The Morgan fingerprint density at radius 1 is 1.04 bits per heavy atom. The first-order chi connectivity index (χ1) is 11.0. The van der Waals surface area contributed by atoms with Gasteiger partial charge in [0.2, 0.25) is 0 Å². The highest BCUT2D eigenvalue weighted by molar-refractivity contribution is 5.97. The highest BCUT2D eigenvalue weighted by atomic mass is 16.5. The summed E-state index contributed by atoms with van der Waals surface area (Å²) in [5.41, 5.74) is 2.70. The zero-order valence-corrected chi connectivity index (χ0v) is 12.6. The predicted molar refractivity (Wildman–Crippen MR) is 84.4 cm³/mol. The summed E-state index contributed by atoms with van der Waals surface area (Å²) in [6.07, 6.45) is 1.27. The molecule has 0 aliphatic heterocycles. The number of amides is 1. The Balaban J connectivity index is 2.10. The van der Waals surface area contributed by atoms with Gasteiger partial charge in [0.05, 0.1) is 26.0 Å². The number of carbonyl (C=O) groups is 1. The van der Waals surface area contributed by atoms with Crippen LogP contribution in [0.25, 0.3) is 0 Å². The van der Waals surface area contributed by atoms with E-state index in [9.17, 15) is 15.0 Å². The van der Waals surface area contributed by atoms with Gasteiger partial charge in [0.15, 0.2) is 0 Å². The summed E-state index contributed by atoms with van der Waals surface area (Å²) in [6.45, 7) is 0. The molecule has 2 aromatic carbocycles. The number of ether oxygens (including phenoxy) is 2. The minimum Gasteiger partial charge on any atom is -0.507 e. The van der Waals surface area contributed by atoms with Gasteiger partial charge in [-0.25, -0.2) is 5.43 Å². The fraction of sp³-hybridized carbons (Fsp3) is 0.125. The molecule has 0 spiro atoms. The van der Waals surface area contributed by atoms with Crippen molar-refractivity contribution in [2.24, 2.45) is 5.10 Å². The lowest BCUT2D eigenvalue weighted by Crippen LogP contribution is -2.17. The average Bonchev–Trinajstić information content (AvgIpc) is 2.56. The number of rotatable bonds is 5. The van der Waals surface area contributed by atoms with Crippen LogP contribution in [0.2, 0.25) is 0 Å². The molecule has 0 heterocycles. The molecule has 0 aliphatic carbocycles. The van der Waals surface area contributed by atoms with E-state index >= 15 is 0 Å². The maximum Gasteiger partial charge on any atom is 0.275 e. The van der Waals surface area contributed by atoms with Crippen molar-refractivity contribution in [2.75, 3.05) is 14.2 Å². The lowest BCUT2D eigenvalue weighted by atomic mass is 10.2. The Hall–Kier alpha value is -3.22. The molecule has 23 heavy (non-hydrogen) atoms. The van der Waals surface area contributed by atoms with Crippen molar-refractivity contribution in [3.05, 3.63) is 47.5 Å². The van der Waals surface area contributed by atoms with E-state index in [0.29, 0.717) is 17.1 Å². The molecule has 0 bridgehead atoms. The Morgan fingerprint density at radius 2 is 1.70 bits per heavy atom. The number of hydrogen-bond acceptors (Lipinski definition) is 6. The number of phenolic OH excluding ortho intramolecular Hbond substituents is 2. The topological polar surface area (TPSA) is 100 Å². The second-order valence-corrected chi connectivity index (χ2v) is 4.51. The van der Waals surface area contributed by atoms with Crippen molar-refractivity contribution in [1.29, 1.82) is 0 Å². The van der Waals surface area contributed by atoms with Gasteiger partial charge >= 0.3 is 0 Å². The van der Waals surface area contributed by atoms with Gasteiger partial charge in [-0.2, -0.15) is 5.10 Å². The largest absolute Gasteiger partial charge is 0.507 e. The molecule has 7 nitrogen and oxygen atoms in total. The van der Waals surface area contributed by atoms with Crippen LogP contribution in [-0.4, -0.2) is 36.6 Å². The molecule has 7 heteroatoms. The molecule has 3 N–H and O–H groups in total. The van der Waals surface area contributed by atoms with Crippen LogP contribution in [0.15, 0.2) is 41.5 Å². The fourth-order valence-electron chi connectivity index (χ4n) is 1.81. The van der Waals surface area contributed by atoms with Gasteiger partial charge in [-0.15, -0.1) is 0 Å². The maximum absolute atomic E-state index is 12.0. The monoisotopic (exact) mass is 316 g/mol. The lowest BCUT2D eigenvalue weighted by Gasteiger charge is -2.06. The molecule has 2 rings (SSSR count). The number of nitrogens with zero attached hydrogens (tertiary/aromatic N) is 1. The maximum atomic E-state index is 12.0. The zero-order chi connectivity index (χ0) is 16.8. The van der Waals surface area contributed by atoms with E-state index in [2.05, 4.69) is 10.5 Å². The number of methoxy groups -OCH3 is 2. The summed E-state index contributed by atoms with van der Waals surface area (Å²) < 4.78 is 9.98. The van der Waals surface area contributed by atoms with Gasteiger partial charge in [-0.3, -0.25) is 4.79 Å². The van der Waals surface area contributed by atoms with Gasteiger partial charge < -0.3 is 19.7 Å². The summed E-state index contributed by atoms with van der Waals surface area (Å²) in [5.74, 6) is 0.161. The normalized spacial score (nSPS) is 10.5. The van der Waals surface area contributed by atoms with E-state index in [1.165, 1.54) is 38.6 Å². The second-order valence-electron chi connectivity index (χ2n) is 4.51. The molecule has 0 saturated carbocycles. The molecular weight excluding hydrogens is 300 g/mol. The van der Waals surface area contributed by atoms with Gasteiger partial charge in [-0.1, -0.05) is 0 Å². The minimum atomic E-state index is -0.594. The van der Waals surface area contributed by atoms with E-state index in [-0.39, 0.29) is 17.1 Å². The highest BCUT2D eigenvalue weighted by Gasteiger charge is 2.11. The van der Waals surface area contributed by atoms with Crippen LogP contribution in [0.1, 0.15) is 15.9 Å². The second kappa shape index (κ2) is 7.17. The summed E-state index contributed by atoms with van der Waals surface area (Å²) in [6, 6.07) is 8.91. The third kappa shape index (κ3) is 3.91. The van der Waals surface area contributed by atoms with Crippen molar-refractivity contribution in [2.45, 2.75) is 0 Å². The molecule has 0 aliphatic rings. The van der Waals surface area contributed by atoms with Crippen LogP contribution in [0.4, 0.5) is 0 Å². The summed E-state index contributed by atoms with van der Waals surface area (Å²) in [5, 5.41) is 23.2. The van der Waals surface area contributed by atoms with Crippen molar-refractivity contribution in [1.82, 2.24) is 5.43 Å². The molecule has 0 aromatic heterocycles. The Labute approximate surface area is 132 Å². The van der Waals surface area contributed by atoms with Crippen LogP contribution < -0.4 is 14.9 Å². The van der Waals surface area contributed by atoms with E-state index < -0.39 is 5.91 Å². The summed E-state index contributed by atoms with van der Waals surface area (Å²) in [4.78, 5) is 12.0. The first-order valence-electron chi connectivity index (χ1n) is 6.62. The summed E-state index contributed by atoms with van der Waals surface area (Å²) >= 11 is 0. The quantitative estimate of drug-likeness (QED) is 0.577. The van der Waals surface area contributed by atoms with Gasteiger partial charge in [0.25, 0.3) is 5.91 Å². The average molecular weight is 316 g/mol. The van der Waals surface area contributed by atoms with E-state index in [1.54, 1.807) is 18.2 Å². The molecular formula is C16H16N2O5. The van der Waals surface area contributed by atoms with Crippen LogP contribution >= 0.6 is 0 Å². The number of hydrogen-bond donors (Lipinski definition) is 3. The molecule has 2 aromatic rings. The fourth-order valence-corrected chi connectivity index (χ4v) is 1.81. The van der Waals surface area contributed by atoms with Gasteiger partial charge in [-0.05, 0) is 30.3 Å². The molecule has 120 valence electrons. The molecule has 0 saturated heterocycles. The smallest absolute Gasteiger partial charge is 0.275 e. The van der Waals surface area contributed by atoms with Gasteiger partial charge in [0, 0.05) is 11.6 Å². The highest BCUT2D eigenvalue weighted by Crippen LogP contribution is 2.23. The Bertz CT molecular complexity index is 743. The third-order valence-corrected chi connectivity index (χ3v) is 3.05. The number of nitrogens with one attached hydrogen (secondary N) is 1. The third-order valence-electron chi connectivity index (χ3n) is 3.05. The van der Waals surface area contributed by atoms with Crippen molar-refractivity contribution in [3.8, 4) is 23.0 Å². The lowest BCUT2D eigenvalue weighted by molar-refractivity contribution is 0.0952. The van der Waals surface area contributed by atoms with Crippen LogP contribution in [0.3, 0.4) is 0 Å². The van der Waals surface area contributed by atoms with Crippen LogP contribution in [-0.2, 0) is 0 Å². The SMILES string of the molecule is COc1ccc(C(=O)N/N=C/c2cc(OC)ccc2O)c(O)c1. The molecule has 1 amide bonds.